The zero-order valence-electron chi connectivity index (χ0n) is 32.7. The number of anilines is 2. The first-order valence-corrected chi connectivity index (χ1v) is 19.7. The van der Waals surface area contributed by atoms with E-state index in [1.165, 1.54) is 0 Å². The second-order valence-corrected chi connectivity index (χ2v) is 15.7. The number of benzene rings is 2. The number of nitrogens with zero attached hydrogens (tertiary/aromatic N) is 7. The summed E-state index contributed by atoms with van der Waals surface area (Å²) in [5, 5.41) is 11.7. The van der Waals surface area contributed by atoms with Crippen molar-refractivity contribution in [2.75, 3.05) is 82.4 Å². The maximum absolute atomic E-state index is 13.7. The predicted molar refractivity (Wildman–Crippen MR) is 223 cm³/mol. The molecule has 4 fully saturated rings. The number of hydrogen-bond acceptors (Lipinski definition) is 10. The van der Waals surface area contributed by atoms with Crippen LogP contribution >= 0.6 is 0 Å². The third-order valence-electron chi connectivity index (χ3n) is 11.8. The number of rotatable bonds is 12. The van der Waals surface area contributed by atoms with E-state index in [4.69, 9.17) is 9.47 Å². The summed E-state index contributed by atoms with van der Waals surface area (Å²) >= 11 is 0. The topological polar surface area (TPSA) is 110 Å². The highest BCUT2D eigenvalue weighted by molar-refractivity contribution is 5.58. The molecule has 322 valence electrons. The summed E-state index contributed by atoms with van der Waals surface area (Å²) in [4.78, 5) is 32.8. The van der Waals surface area contributed by atoms with Gasteiger partial charge < -0.3 is 29.5 Å². The van der Waals surface area contributed by atoms with Crippen molar-refractivity contribution in [2.45, 2.75) is 67.2 Å². The van der Waals surface area contributed by atoms with Crippen LogP contribution in [0, 0.1) is 34.1 Å². The van der Waals surface area contributed by atoms with Crippen molar-refractivity contribution >= 4 is 11.4 Å². The van der Waals surface area contributed by atoms with Gasteiger partial charge in [0.05, 0.1) is 37.0 Å². The molecule has 1 N–H and O–H groups in total. The molecule has 59 heavy (non-hydrogen) atoms. The van der Waals surface area contributed by atoms with Gasteiger partial charge in [0.25, 0.3) is 0 Å². The third-order valence-corrected chi connectivity index (χ3v) is 11.8. The van der Waals surface area contributed by atoms with Gasteiger partial charge in [-0.3, -0.25) is 9.59 Å². The van der Waals surface area contributed by atoms with Gasteiger partial charge in [-0.25, -0.2) is 17.6 Å². The minimum atomic E-state index is -0.764. The van der Waals surface area contributed by atoms with Gasteiger partial charge in [-0.1, -0.05) is 28.7 Å². The minimum absolute atomic E-state index is 0. The zero-order chi connectivity index (χ0) is 40.3. The zero-order valence-corrected chi connectivity index (χ0v) is 32.7. The van der Waals surface area contributed by atoms with Crippen molar-refractivity contribution in [3.05, 3.63) is 92.8 Å². The summed E-state index contributed by atoms with van der Waals surface area (Å²) in [7, 11) is 2.06. The average molecular weight is 827 g/mol. The van der Waals surface area contributed by atoms with Crippen molar-refractivity contribution in [3.8, 4) is 22.9 Å². The number of halogens is 4. The highest BCUT2D eigenvalue weighted by Crippen LogP contribution is 2.49. The number of likely N-dealkylation sites (N-methyl/N-ethyl adjacent to an activating group) is 1. The van der Waals surface area contributed by atoms with Gasteiger partial charge in [0.2, 0.25) is 11.5 Å². The Kier molecular flexibility index (Phi) is 14.5. The molecule has 0 spiro atoms. The number of hydrogen-bond donors (Lipinski definition) is 1. The van der Waals surface area contributed by atoms with Gasteiger partial charge in [-0.15, -0.1) is 0 Å². The van der Waals surface area contributed by atoms with Crippen LogP contribution in [0.3, 0.4) is 0 Å². The van der Waals surface area contributed by atoms with Gasteiger partial charge in [0.15, 0.2) is 0 Å². The van der Waals surface area contributed by atoms with E-state index in [2.05, 4.69) is 51.1 Å². The summed E-state index contributed by atoms with van der Waals surface area (Å²) < 4.78 is 68.8. The fourth-order valence-electron chi connectivity index (χ4n) is 7.23. The van der Waals surface area contributed by atoms with E-state index in [0.717, 1.165) is 137 Å². The van der Waals surface area contributed by atoms with Crippen LogP contribution in [0.15, 0.2) is 58.4 Å². The molecule has 0 radical (unpaired) electrons. The lowest BCUT2D eigenvalue weighted by Crippen LogP contribution is -2.45. The SMILES string of the molecule is C.C.CCC1(COc2c(N3CCN(C)CC3)cnn(-c3cc(F)cc(F)c3)c2=O)CC1.CCC1(COc2c(N3CCNCC3)cnn(-c3cc(F)cc(F)c3)c2=O)CC1. The van der Waals surface area contributed by atoms with E-state index in [-0.39, 0.29) is 48.6 Å². The molecule has 0 unspecified atom stereocenters. The lowest BCUT2D eigenvalue weighted by atomic mass is 10.1. The molecule has 4 aromatic rings. The van der Waals surface area contributed by atoms with Crippen molar-refractivity contribution in [1.29, 1.82) is 0 Å². The molecular weight excluding hydrogens is 769 g/mol. The Labute approximate surface area is 343 Å². The molecule has 4 aliphatic rings. The van der Waals surface area contributed by atoms with E-state index in [9.17, 15) is 27.2 Å². The molecule has 8 rings (SSSR count). The van der Waals surface area contributed by atoms with Crippen LogP contribution in [-0.4, -0.2) is 97.1 Å². The first kappa shape index (κ1) is 45.1. The van der Waals surface area contributed by atoms with Crippen LogP contribution in [-0.2, 0) is 0 Å². The number of ether oxygens (including phenoxy) is 2. The predicted octanol–water partition coefficient (Wildman–Crippen LogP) is 6.59. The van der Waals surface area contributed by atoms with E-state index in [0.29, 0.717) is 24.6 Å². The van der Waals surface area contributed by atoms with E-state index in [1.54, 1.807) is 12.4 Å². The van der Waals surface area contributed by atoms with Crippen molar-refractivity contribution in [3.63, 3.8) is 0 Å². The van der Waals surface area contributed by atoms with Gasteiger partial charge in [0, 0.05) is 75.3 Å². The maximum atomic E-state index is 13.7. The normalized spacial score (nSPS) is 17.8. The Morgan fingerprint density at radius 3 is 1.34 bits per heavy atom. The van der Waals surface area contributed by atoms with Crippen LogP contribution < -0.4 is 35.7 Å². The Morgan fingerprint density at radius 2 is 0.983 bits per heavy atom. The summed E-state index contributed by atoms with van der Waals surface area (Å²) in [5.74, 6) is -2.65. The standard InChI is InChI=1S/C21H26F2N4O2.C20H24F2N4O2.2CH4/c1-3-21(4-5-21)14-29-19-18(26-8-6-25(2)7-9-26)13-24-27(20(19)28)17-11-15(22)10-16(23)12-17;1-2-20(3-4-20)13-28-18-17(25-7-5-23-6-8-25)12-24-26(19(18)27)16-10-14(21)9-15(22)11-16;;/h10-13H,3-9,14H2,1-2H3;9-12,23H,2-8,13H2,1H3;2*1H4. The molecule has 2 aromatic heterocycles. The number of aromatic nitrogens is 4. The van der Waals surface area contributed by atoms with E-state index >= 15 is 0 Å². The van der Waals surface area contributed by atoms with Crippen LogP contribution in [0.4, 0.5) is 28.9 Å². The molecule has 0 atom stereocenters. The second kappa shape index (κ2) is 19.0. The molecule has 2 saturated heterocycles. The fourth-order valence-corrected chi connectivity index (χ4v) is 7.23. The van der Waals surface area contributed by atoms with Crippen molar-refractivity contribution in [2.24, 2.45) is 10.8 Å². The highest BCUT2D eigenvalue weighted by atomic mass is 19.1. The first-order valence-electron chi connectivity index (χ1n) is 19.7. The van der Waals surface area contributed by atoms with Gasteiger partial charge >= 0.3 is 11.1 Å². The fraction of sp³-hybridized carbons (Fsp3) is 0.535. The number of piperazine rings is 2. The monoisotopic (exact) mass is 826 g/mol. The smallest absolute Gasteiger partial charge is 0.316 e. The van der Waals surface area contributed by atoms with Crippen LogP contribution in [0.5, 0.6) is 11.5 Å². The summed E-state index contributed by atoms with van der Waals surface area (Å²) in [6, 6.07) is 5.87. The molecule has 0 amide bonds. The molecule has 2 aromatic carbocycles. The second-order valence-electron chi connectivity index (χ2n) is 15.7. The average Bonchev–Trinajstić information content (AvgIpc) is 4.14. The van der Waals surface area contributed by atoms with Crippen molar-refractivity contribution in [1.82, 2.24) is 29.8 Å². The molecule has 0 bridgehead atoms. The minimum Gasteiger partial charge on any atom is -0.486 e. The lowest BCUT2D eigenvalue weighted by Gasteiger charge is -2.34. The molecule has 4 heterocycles. The molecule has 2 saturated carbocycles. The maximum Gasteiger partial charge on any atom is 0.316 e. The Morgan fingerprint density at radius 1 is 0.610 bits per heavy atom. The molecular formula is C43H58F4N8O4. The Hall–Kier alpha value is -4.96. The van der Waals surface area contributed by atoms with Crippen LogP contribution in [0.2, 0.25) is 0 Å². The number of nitrogens with one attached hydrogen (secondary N) is 1. The summed E-state index contributed by atoms with van der Waals surface area (Å²) in [6.07, 6.45) is 9.44. The molecule has 2 aliphatic carbocycles. The first-order chi connectivity index (χ1) is 27.4. The highest BCUT2D eigenvalue weighted by Gasteiger charge is 2.43. The lowest BCUT2D eigenvalue weighted by molar-refractivity contribution is 0.225. The van der Waals surface area contributed by atoms with E-state index < -0.39 is 34.4 Å². The van der Waals surface area contributed by atoms with Crippen LogP contribution in [0.1, 0.15) is 67.2 Å². The summed E-state index contributed by atoms with van der Waals surface area (Å²) in [6.45, 7) is 11.5. The Bertz CT molecular complexity index is 2140. The van der Waals surface area contributed by atoms with Gasteiger partial charge in [-0.2, -0.15) is 19.6 Å². The van der Waals surface area contributed by atoms with E-state index in [1.807, 2.05) is 0 Å². The quantitative estimate of drug-likeness (QED) is 0.157. The summed E-state index contributed by atoms with van der Waals surface area (Å²) in [5.41, 5.74) is 0.604. The van der Waals surface area contributed by atoms with Gasteiger partial charge in [-0.05, 0) is 69.8 Å². The van der Waals surface area contributed by atoms with Crippen LogP contribution in [0.25, 0.3) is 11.4 Å². The largest absolute Gasteiger partial charge is 0.486 e. The molecule has 12 nitrogen and oxygen atoms in total. The molecule has 16 heteroatoms. The Balaban J connectivity index is 0.000000217. The van der Waals surface area contributed by atoms with Gasteiger partial charge in [0.1, 0.15) is 34.6 Å². The third kappa shape index (κ3) is 10.4. The molecule has 2 aliphatic heterocycles. The van der Waals surface area contributed by atoms with Crippen molar-refractivity contribution < 1.29 is 27.0 Å².